The molecular formula is C17H20O10. The Morgan fingerprint density at radius 2 is 1.78 bits per heavy atom. The molecule has 3 rings (SSSR count). The van der Waals surface area contributed by atoms with Crippen LogP contribution in [0.15, 0.2) is 27.4 Å². The van der Waals surface area contributed by atoms with Crippen LogP contribution in [0, 0.1) is 0 Å². The zero-order valence-electron chi connectivity index (χ0n) is 14.6. The van der Waals surface area contributed by atoms with Crippen molar-refractivity contribution >= 4 is 11.0 Å². The molecule has 10 nitrogen and oxygen atoms in total. The molecular weight excluding hydrogens is 364 g/mol. The van der Waals surface area contributed by atoms with Crippen LogP contribution in [0.25, 0.3) is 11.0 Å². The minimum absolute atomic E-state index is 0.0112. The van der Waals surface area contributed by atoms with Gasteiger partial charge in [-0.2, -0.15) is 0 Å². The van der Waals surface area contributed by atoms with Gasteiger partial charge in [-0.25, -0.2) is 4.79 Å². The van der Waals surface area contributed by atoms with Crippen LogP contribution in [0.4, 0.5) is 0 Å². The molecule has 10 heteroatoms. The average molecular weight is 384 g/mol. The van der Waals surface area contributed by atoms with Crippen LogP contribution in [0.1, 0.15) is 0 Å². The van der Waals surface area contributed by atoms with Crippen LogP contribution in [0.2, 0.25) is 0 Å². The van der Waals surface area contributed by atoms with Crippen molar-refractivity contribution in [1.82, 2.24) is 0 Å². The van der Waals surface area contributed by atoms with Gasteiger partial charge in [0, 0.05) is 11.5 Å². The molecule has 0 amide bonds. The molecule has 1 fully saturated rings. The summed E-state index contributed by atoms with van der Waals surface area (Å²) in [6.07, 6.45) is -7.47. The lowest BCUT2D eigenvalue weighted by Crippen LogP contribution is -2.60. The summed E-state index contributed by atoms with van der Waals surface area (Å²) in [6.45, 7) is -0.615. The number of methoxy groups -OCH3 is 2. The molecule has 2 heterocycles. The van der Waals surface area contributed by atoms with Crippen molar-refractivity contribution in [2.24, 2.45) is 0 Å². The Kier molecular flexibility index (Phi) is 5.53. The van der Waals surface area contributed by atoms with Crippen molar-refractivity contribution in [1.29, 1.82) is 0 Å². The minimum Gasteiger partial charge on any atom is -0.493 e. The van der Waals surface area contributed by atoms with Gasteiger partial charge in [0.2, 0.25) is 17.8 Å². The van der Waals surface area contributed by atoms with E-state index in [1.807, 2.05) is 0 Å². The van der Waals surface area contributed by atoms with Crippen LogP contribution in [0.5, 0.6) is 17.2 Å². The van der Waals surface area contributed by atoms with Gasteiger partial charge in [0.1, 0.15) is 24.4 Å². The second kappa shape index (κ2) is 7.71. The summed E-state index contributed by atoms with van der Waals surface area (Å²) in [6, 6.07) is 4.27. The summed E-state index contributed by atoms with van der Waals surface area (Å²) in [5.41, 5.74) is -0.634. The maximum Gasteiger partial charge on any atom is 0.336 e. The molecule has 1 aliphatic heterocycles. The molecule has 4 N–H and O–H groups in total. The minimum atomic E-state index is -1.65. The first-order valence-electron chi connectivity index (χ1n) is 8.07. The Morgan fingerprint density at radius 3 is 2.41 bits per heavy atom. The van der Waals surface area contributed by atoms with Crippen molar-refractivity contribution in [3.05, 3.63) is 28.6 Å². The van der Waals surface area contributed by atoms with E-state index in [-0.39, 0.29) is 22.8 Å². The third kappa shape index (κ3) is 3.45. The summed E-state index contributed by atoms with van der Waals surface area (Å²) in [4.78, 5) is 11.7. The van der Waals surface area contributed by atoms with Gasteiger partial charge in [-0.1, -0.05) is 0 Å². The van der Waals surface area contributed by atoms with Crippen LogP contribution in [-0.2, 0) is 4.74 Å². The molecule has 2 aromatic rings. The molecule has 0 saturated carbocycles. The molecule has 1 aliphatic rings. The number of ether oxygens (including phenoxy) is 4. The van der Waals surface area contributed by atoms with Crippen LogP contribution in [-0.4, -0.2) is 72.0 Å². The monoisotopic (exact) mass is 384 g/mol. The van der Waals surface area contributed by atoms with Gasteiger partial charge in [-0.05, 0) is 12.1 Å². The Balaban J connectivity index is 2.09. The van der Waals surface area contributed by atoms with E-state index < -0.39 is 42.9 Å². The molecule has 27 heavy (non-hydrogen) atoms. The standard InChI is InChI=1S/C17H20O10/c1-23-8-5-7-3-4-10(19)26-14(7)16(15(8)24-2)27-17-13(22)12(21)11(20)9(6-18)25-17/h3-5,9,11-13,17-18,20-22H,6H2,1-2H3. The van der Waals surface area contributed by atoms with Gasteiger partial charge in [-0.15, -0.1) is 0 Å². The highest BCUT2D eigenvalue weighted by Crippen LogP contribution is 2.44. The normalized spacial score (nSPS) is 28.1. The molecule has 1 saturated heterocycles. The number of benzene rings is 1. The highest BCUT2D eigenvalue weighted by atomic mass is 16.7. The van der Waals surface area contributed by atoms with E-state index in [0.29, 0.717) is 5.39 Å². The van der Waals surface area contributed by atoms with Gasteiger partial charge in [0.25, 0.3) is 0 Å². The Bertz CT molecular complexity index is 861. The zero-order chi connectivity index (χ0) is 19.7. The molecule has 1 aromatic heterocycles. The number of aliphatic hydroxyl groups excluding tert-OH is 4. The van der Waals surface area contributed by atoms with E-state index in [1.54, 1.807) is 6.07 Å². The topological polar surface area (TPSA) is 148 Å². The number of fused-ring (bicyclic) bond motifs is 1. The molecule has 1 aromatic carbocycles. The smallest absolute Gasteiger partial charge is 0.336 e. The van der Waals surface area contributed by atoms with E-state index in [4.69, 9.17) is 23.4 Å². The highest BCUT2D eigenvalue weighted by Gasteiger charge is 2.45. The third-order valence-electron chi connectivity index (χ3n) is 4.29. The summed E-state index contributed by atoms with van der Waals surface area (Å²) in [7, 11) is 2.74. The van der Waals surface area contributed by atoms with Gasteiger partial charge in [0.05, 0.1) is 20.8 Å². The third-order valence-corrected chi connectivity index (χ3v) is 4.29. The molecule has 148 valence electrons. The lowest BCUT2D eigenvalue weighted by Gasteiger charge is -2.39. The number of hydrogen-bond acceptors (Lipinski definition) is 10. The second-order valence-electron chi connectivity index (χ2n) is 5.93. The van der Waals surface area contributed by atoms with E-state index in [9.17, 15) is 25.2 Å². The Hall–Kier alpha value is -2.37. The highest BCUT2D eigenvalue weighted by molar-refractivity contribution is 5.88. The SMILES string of the molecule is COc1cc2ccc(=O)oc2c(OC2OC(CO)C(O)C(O)C2O)c1OC. The van der Waals surface area contributed by atoms with Crippen molar-refractivity contribution in [2.75, 3.05) is 20.8 Å². The van der Waals surface area contributed by atoms with E-state index >= 15 is 0 Å². The number of rotatable bonds is 5. The van der Waals surface area contributed by atoms with Gasteiger partial charge in [-0.3, -0.25) is 0 Å². The molecule has 0 aliphatic carbocycles. The van der Waals surface area contributed by atoms with E-state index in [0.717, 1.165) is 0 Å². The average Bonchev–Trinajstić information content (AvgIpc) is 2.67. The summed E-state index contributed by atoms with van der Waals surface area (Å²) >= 11 is 0. The summed E-state index contributed by atoms with van der Waals surface area (Å²) in [5, 5.41) is 39.8. The van der Waals surface area contributed by atoms with Crippen LogP contribution < -0.4 is 19.8 Å². The van der Waals surface area contributed by atoms with Crippen molar-refractivity contribution < 1.29 is 43.8 Å². The van der Waals surface area contributed by atoms with Gasteiger partial charge < -0.3 is 43.8 Å². The number of aliphatic hydroxyl groups is 4. The van der Waals surface area contributed by atoms with E-state index in [1.165, 1.54) is 26.4 Å². The predicted octanol–water partition coefficient (Wildman–Crippen LogP) is -1.01. The van der Waals surface area contributed by atoms with Crippen molar-refractivity contribution in [3.8, 4) is 17.2 Å². The predicted molar refractivity (Wildman–Crippen MR) is 90.0 cm³/mol. The summed E-state index contributed by atoms with van der Waals surface area (Å²) in [5.74, 6) is 0.226. The molecule has 0 spiro atoms. The molecule has 0 bridgehead atoms. The fourth-order valence-corrected chi connectivity index (χ4v) is 2.87. The fraction of sp³-hybridized carbons (Fsp3) is 0.471. The maximum atomic E-state index is 11.7. The van der Waals surface area contributed by atoms with Crippen LogP contribution in [0.3, 0.4) is 0 Å². The van der Waals surface area contributed by atoms with E-state index in [2.05, 4.69) is 0 Å². The van der Waals surface area contributed by atoms with Crippen LogP contribution >= 0.6 is 0 Å². The quantitative estimate of drug-likeness (QED) is 0.473. The first-order valence-corrected chi connectivity index (χ1v) is 8.07. The molecule has 5 unspecified atom stereocenters. The molecule has 5 atom stereocenters. The van der Waals surface area contributed by atoms with Crippen molar-refractivity contribution in [2.45, 2.75) is 30.7 Å². The second-order valence-corrected chi connectivity index (χ2v) is 5.93. The zero-order valence-corrected chi connectivity index (χ0v) is 14.6. The maximum absolute atomic E-state index is 11.7. The lowest BCUT2D eigenvalue weighted by molar-refractivity contribution is -0.277. The van der Waals surface area contributed by atoms with Gasteiger partial charge in [0.15, 0.2) is 11.3 Å². The number of hydrogen-bond donors (Lipinski definition) is 4. The summed E-state index contributed by atoms with van der Waals surface area (Å²) < 4.78 is 26.7. The first-order chi connectivity index (χ1) is 12.9. The Labute approximate surface area is 153 Å². The largest absolute Gasteiger partial charge is 0.493 e. The Morgan fingerprint density at radius 1 is 1.04 bits per heavy atom. The lowest BCUT2D eigenvalue weighted by atomic mass is 9.99. The van der Waals surface area contributed by atoms with Gasteiger partial charge >= 0.3 is 5.63 Å². The first kappa shape index (κ1) is 19.4. The van der Waals surface area contributed by atoms with Crippen molar-refractivity contribution in [3.63, 3.8) is 0 Å². The fourth-order valence-electron chi connectivity index (χ4n) is 2.87. The molecule has 0 radical (unpaired) electrons.